The highest BCUT2D eigenvalue weighted by molar-refractivity contribution is 7.95. The van der Waals surface area contributed by atoms with E-state index in [9.17, 15) is 13.2 Å². The Morgan fingerprint density at radius 1 is 1.06 bits per heavy atom. The van der Waals surface area contributed by atoms with E-state index >= 15 is 0 Å². The van der Waals surface area contributed by atoms with E-state index in [1.54, 1.807) is 18.2 Å². The van der Waals surface area contributed by atoms with Gasteiger partial charge in [0.05, 0.1) is 17.4 Å². The van der Waals surface area contributed by atoms with Crippen LogP contribution in [-0.4, -0.2) is 71.4 Å². The van der Waals surface area contributed by atoms with Crippen LogP contribution in [0.3, 0.4) is 0 Å². The molecule has 4 heterocycles. The van der Waals surface area contributed by atoms with Crippen molar-refractivity contribution in [3.8, 4) is 6.07 Å². The van der Waals surface area contributed by atoms with Crippen LogP contribution >= 0.6 is 0 Å². The quantitative estimate of drug-likeness (QED) is 0.622. The highest BCUT2D eigenvalue weighted by Gasteiger charge is 2.56. The molecule has 3 aliphatic heterocycles. The molecule has 1 unspecified atom stereocenters. The normalized spacial score (nSPS) is 28.3. The number of piperazine rings is 1. The van der Waals surface area contributed by atoms with Gasteiger partial charge < -0.3 is 14.7 Å². The fraction of sp³-hybridized carbons (Fsp3) is 0.538. The maximum Gasteiger partial charge on any atom is 0.244 e. The van der Waals surface area contributed by atoms with E-state index < -0.39 is 14.6 Å². The Hall–Kier alpha value is -3.19. The first-order valence-corrected chi connectivity index (χ1v) is 14.0. The molecule has 2 fully saturated rings. The van der Waals surface area contributed by atoms with E-state index in [2.05, 4.69) is 41.6 Å². The number of rotatable bonds is 3. The lowest BCUT2D eigenvalue weighted by molar-refractivity contribution is -0.137. The first-order valence-electron chi connectivity index (χ1n) is 12.3. The SMILES string of the molecule is C[C@@H]1CN(c2ncnc3c2C(C)(C)CN3c2ccc(C#N)cc2)[C@@H](C)CN1C(=O)C1(C)CCS1(=O)=O. The number of aromatic nitrogens is 2. The van der Waals surface area contributed by atoms with Gasteiger partial charge in [0.25, 0.3) is 0 Å². The molecule has 0 radical (unpaired) electrons. The maximum atomic E-state index is 13.3. The Kier molecular flexibility index (Phi) is 5.56. The van der Waals surface area contributed by atoms with Crippen molar-refractivity contribution >= 4 is 33.1 Å². The molecule has 9 nitrogen and oxygen atoms in total. The smallest absolute Gasteiger partial charge is 0.244 e. The molecule has 10 heteroatoms. The molecular weight excluding hydrogens is 476 g/mol. The third-order valence-corrected chi connectivity index (χ3v) is 10.6. The van der Waals surface area contributed by atoms with Crippen molar-refractivity contribution in [3.05, 3.63) is 41.7 Å². The van der Waals surface area contributed by atoms with Gasteiger partial charge in [0, 0.05) is 48.4 Å². The van der Waals surface area contributed by atoms with Crippen LogP contribution in [0, 0.1) is 11.3 Å². The zero-order valence-corrected chi connectivity index (χ0v) is 22.2. The molecule has 1 aromatic heterocycles. The third kappa shape index (κ3) is 3.55. The van der Waals surface area contributed by atoms with Gasteiger partial charge in [-0.15, -0.1) is 0 Å². The summed E-state index contributed by atoms with van der Waals surface area (Å²) in [5, 5.41) is 9.16. The molecule has 0 aliphatic carbocycles. The van der Waals surface area contributed by atoms with Crippen molar-refractivity contribution in [1.29, 1.82) is 5.26 Å². The second-order valence-corrected chi connectivity index (χ2v) is 13.7. The van der Waals surface area contributed by atoms with Crippen LogP contribution in [0.15, 0.2) is 30.6 Å². The summed E-state index contributed by atoms with van der Waals surface area (Å²) in [6.07, 6.45) is 1.97. The van der Waals surface area contributed by atoms with E-state index in [0.717, 1.165) is 29.4 Å². The van der Waals surface area contributed by atoms with Gasteiger partial charge in [-0.05, 0) is 51.5 Å². The molecule has 0 saturated carbocycles. The lowest BCUT2D eigenvalue weighted by atomic mass is 9.87. The monoisotopic (exact) mass is 508 g/mol. The van der Waals surface area contributed by atoms with Crippen molar-refractivity contribution < 1.29 is 13.2 Å². The van der Waals surface area contributed by atoms with E-state index in [1.807, 2.05) is 31.2 Å². The molecule has 3 atom stereocenters. The van der Waals surface area contributed by atoms with Crippen LogP contribution in [0.2, 0.25) is 0 Å². The van der Waals surface area contributed by atoms with Crippen molar-refractivity contribution in [2.45, 2.75) is 63.3 Å². The average molecular weight is 509 g/mol. The molecule has 36 heavy (non-hydrogen) atoms. The van der Waals surface area contributed by atoms with Crippen LogP contribution < -0.4 is 9.80 Å². The zero-order chi connectivity index (χ0) is 26.0. The Labute approximate surface area is 212 Å². The molecule has 0 bridgehead atoms. The van der Waals surface area contributed by atoms with Gasteiger partial charge in [0.15, 0.2) is 9.84 Å². The van der Waals surface area contributed by atoms with Crippen LogP contribution in [0.4, 0.5) is 17.3 Å². The summed E-state index contributed by atoms with van der Waals surface area (Å²) >= 11 is 0. The Morgan fingerprint density at radius 3 is 2.31 bits per heavy atom. The number of nitriles is 1. The molecule has 2 aromatic rings. The number of nitrogens with zero attached hydrogens (tertiary/aromatic N) is 6. The molecule has 0 spiro atoms. The maximum absolute atomic E-state index is 13.3. The van der Waals surface area contributed by atoms with Crippen LogP contribution in [0.5, 0.6) is 0 Å². The predicted octanol–water partition coefficient (Wildman–Crippen LogP) is 2.78. The van der Waals surface area contributed by atoms with Gasteiger partial charge in [0.2, 0.25) is 5.91 Å². The van der Waals surface area contributed by atoms with Gasteiger partial charge in [-0.25, -0.2) is 18.4 Å². The third-order valence-electron chi connectivity index (χ3n) is 8.11. The van der Waals surface area contributed by atoms with Crippen molar-refractivity contribution in [3.63, 3.8) is 0 Å². The number of hydrogen-bond acceptors (Lipinski definition) is 8. The summed E-state index contributed by atoms with van der Waals surface area (Å²) in [5.41, 5.74) is 2.40. The minimum Gasteiger partial charge on any atom is -0.350 e. The lowest BCUT2D eigenvalue weighted by Crippen LogP contribution is -2.66. The minimum absolute atomic E-state index is 0.0460. The highest BCUT2D eigenvalue weighted by Crippen LogP contribution is 2.47. The molecule has 1 amide bonds. The molecule has 3 aliphatic rings. The van der Waals surface area contributed by atoms with Gasteiger partial charge >= 0.3 is 0 Å². The van der Waals surface area contributed by atoms with Crippen molar-refractivity contribution in [1.82, 2.24) is 14.9 Å². The number of amides is 1. The second kappa shape index (κ2) is 8.17. The number of fused-ring (bicyclic) bond motifs is 1. The summed E-state index contributed by atoms with van der Waals surface area (Å²) in [4.78, 5) is 28.9. The Morgan fingerprint density at radius 2 is 1.72 bits per heavy atom. The van der Waals surface area contributed by atoms with E-state index in [0.29, 0.717) is 25.1 Å². The number of carbonyl (C=O) groups is 1. The van der Waals surface area contributed by atoms with Crippen LogP contribution in [0.25, 0.3) is 0 Å². The Balaban J connectivity index is 1.46. The average Bonchev–Trinajstić information content (AvgIpc) is 3.14. The van der Waals surface area contributed by atoms with E-state index in [4.69, 9.17) is 10.2 Å². The van der Waals surface area contributed by atoms with Crippen molar-refractivity contribution in [2.24, 2.45) is 0 Å². The van der Waals surface area contributed by atoms with Gasteiger partial charge in [-0.2, -0.15) is 5.26 Å². The van der Waals surface area contributed by atoms with Gasteiger partial charge in [0.1, 0.15) is 22.7 Å². The second-order valence-electron chi connectivity index (χ2n) is 11.1. The molecule has 5 rings (SSSR count). The van der Waals surface area contributed by atoms with Gasteiger partial charge in [-0.1, -0.05) is 13.8 Å². The standard InChI is InChI=1S/C26H32N6O3S/c1-17-14-31(24(33)26(5)10-11-36(26,34)35)18(2)13-30(17)22-21-23(29-16-28-22)32(15-25(21,3)4)20-8-6-19(12-27)7-9-20/h6-9,16-18H,10-11,13-15H2,1-5H3/t17-,18+,26?/m0/s1. The molecule has 0 N–H and O–H groups in total. The molecular formula is C26H32N6O3S. The van der Waals surface area contributed by atoms with E-state index in [1.165, 1.54) is 0 Å². The van der Waals surface area contributed by atoms with Crippen LogP contribution in [-0.2, 0) is 20.0 Å². The summed E-state index contributed by atoms with van der Waals surface area (Å²) in [6, 6.07) is 9.46. The summed E-state index contributed by atoms with van der Waals surface area (Å²) in [5.74, 6) is 1.50. The number of benzene rings is 1. The first kappa shape index (κ1) is 24.5. The summed E-state index contributed by atoms with van der Waals surface area (Å²) in [6.45, 7) is 11.7. The van der Waals surface area contributed by atoms with Crippen molar-refractivity contribution in [2.75, 3.05) is 35.2 Å². The Bertz CT molecular complexity index is 1370. The molecule has 190 valence electrons. The van der Waals surface area contributed by atoms with Gasteiger partial charge in [-0.3, -0.25) is 4.79 Å². The number of sulfone groups is 1. The summed E-state index contributed by atoms with van der Waals surface area (Å²) in [7, 11) is -3.39. The van der Waals surface area contributed by atoms with E-state index in [-0.39, 0.29) is 29.2 Å². The number of hydrogen-bond donors (Lipinski definition) is 0. The van der Waals surface area contributed by atoms with Crippen LogP contribution in [0.1, 0.15) is 52.2 Å². The largest absolute Gasteiger partial charge is 0.350 e. The fourth-order valence-corrected chi connectivity index (χ4v) is 7.23. The molecule has 1 aromatic carbocycles. The first-order chi connectivity index (χ1) is 16.9. The topological polar surface area (TPSA) is 110 Å². The minimum atomic E-state index is -3.39. The lowest BCUT2D eigenvalue weighted by Gasteiger charge is -2.49. The fourth-order valence-electron chi connectivity index (χ4n) is 5.70. The number of carbonyl (C=O) groups excluding carboxylic acids is 1. The zero-order valence-electron chi connectivity index (χ0n) is 21.4. The summed E-state index contributed by atoms with van der Waals surface area (Å²) < 4.78 is 23.5. The predicted molar refractivity (Wildman–Crippen MR) is 138 cm³/mol. The highest BCUT2D eigenvalue weighted by atomic mass is 32.2. The number of anilines is 3. The molecule has 2 saturated heterocycles.